The first-order chi connectivity index (χ1) is 13.2. The fourth-order valence-electron chi connectivity index (χ4n) is 3.22. The van der Waals surface area contributed by atoms with Crippen molar-refractivity contribution in [3.8, 4) is 11.5 Å². The molecule has 1 aliphatic heterocycles. The molecule has 1 N–H and O–H groups in total. The van der Waals surface area contributed by atoms with E-state index in [1.54, 1.807) is 19.2 Å². The van der Waals surface area contributed by atoms with Crippen LogP contribution in [0, 0.1) is 6.92 Å². The maximum Gasteiger partial charge on any atom is 0.263 e. The lowest BCUT2D eigenvalue weighted by Gasteiger charge is -2.34. The highest BCUT2D eigenvalue weighted by molar-refractivity contribution is 7.92. The van der Waals surface area contributed by atoms with Crippen molar-refractivity contribution < 1.29 is 22.7 Å². The van der Waals surface area contributed by atoms with Gasteiger partial charge >= 0.3 is 0 Å². The maximum absolute atomic E-state index is 12.8. The number of nitrogens with one attached hydrogen (secondary N) is 1. The van der Waals surface area contributed by atoms with E-state index in [-0.39, 0.29) is 12.6 Å². The molecule has 28 heavy (non-hydrogen) atoms. The highest BCUT2D eigenvalue weighted by Gasteiger charge is 2.35. The summed E-state index contributed by atoms with van der Waals surface area (Å²) >= 11 is 0. The number of fused-ring (bicyclic) bond motifs is 1. The molecule has 0 spiro atoms. The van der Waals surface area contributed by atoms with E-state index in [9.17, 15) is 13.2 Å². The number of anilines is 1. The molecular weight excluding hydrogens is 380 g/mol. The summed E-state index contributed by atoms with van der Waals surface area (Å²) in [6.07, 6.45) is 0.165. The van der Waals surface area contributed by atoms with Crippen molar-refractivity contribution >= 4 is 21.6 Å². The molecule has 1 amide bonds. The molecule has 0 unspecified atom stereocenters. The third-order valence-corrected chi connectivity index (χ3v) is 5.79. The first-order valence-corrected chi connectivity index (χ1v) is 10.7. The molecule has 3 rings (SSSR count). The molecular formula is C20H24N2O5S. The second-order valence-corrected chi connectivity index (χ2v) is 8.75. The summed E-state index contributed by atoms with van der Waals surface area (Å²) in [5, 5.41) is 2.89. The predicted octanol–water partition coefficient (Wildman–Crippen LogP) is 2.41. The second kappa shape index (κ2) is 7.71. The number of carbonyl (C=O) groups is 1. The third kappa shape index (κ3) is 4.06. The first kappa shape index (κ1) is 20.0. The van der Waals surface area contributed by atoms with Crippen LogP contribution in [0.1, 0.15) is 24.1 Å². The zero-order chi connectivity index (χ0) is 20.5. The summed E-state index contributed by atoms with van der Waals surface area (Å²) in [6, 6.07) is 12.3. The molecule has 0 bridgehead atoms. The normalized spacial score (nSPS) is 17.3. The lowest BCUT2D eigenvalue weighted by Crippen LogP contribution is -2.50. The van der Waals surface area contributed by atoms with Crippen LogP contribution in [-0.2, 0) is 14.8 Å². The molecule has 0 radical (unpaired) electrons. The molecule has 8 heteroatoms. The quantitative estimate of drug-likeness (QED) is 0.827. The van der Waals surface area contributed by atoms with Gasteiger partial charge in [-0.1, -0.05) is 24.3 Å². The summed E-state index contributed by atoms with van der Waals surface area (Å²) in [4.78, 5) is 12.8. The molecule has 1 aliphatic rings. The van der Waals surface area contributed by atoms with Crippen LogP contribution in [0.4, 0.5) is 5.69 Å². The summed E-state index contributed by atoms with van der Waals surface area (Å²) in [6.45, 7) is 3.62. The van der Waals surface area contributed by atoms with E-state index in [1.165, 1.54) is 4.31 Å². The number of sulfonamides is 1. The number of ether oxygens (including phenoxy) is 2. The van der Waals surface area contributed by atoms with E-state index < -0.39 is 22.0 Å². The predicted molar refractivity (Wildman–Crippen MR) is 107 cm³/mol. The van der Waals surface area contributed by atoms with Crippen LogP contribution in [0.3, 0.4) is 0 Å². The molecule has 0 saturated heterocycles. The van der Waals surface area contributed by atoms with E-state index >= 15 is 0 Å². The van der Waals surface area contributed by atoms with Crippen molar-refractivity contribution in [2.45, 2.75) is 26.0 Å². The summed E-state index contributed by atoms with van der Waals surface area (Å²) in [7, 11) is -1.99. The first-order valence-electron chi connectivity index (χ1n) is 8.89. The minimum Gasteiger partial charge on any atom is -0.496 e. The number of amides is 1. The van der Waals surface area contributed by atoms with E-state index in [1.807, 2.05) is 44.2 Å². The molecule has 2 aromatic rings. The van der Waals surface area contributed by atoms with Crippen molar-refractivity contribution in [1.82, 2.24) is 5.32 Å². The number of benzene rings is 2. The SMILES string of the molecule is COc1ccccc1[C@H](C)NC(=O)[C@@H]1CN(S(C)(=O)=O)c2cc(C)ccc2O1. The Kier molecular flexibility index (Phi) is 5.51. The molecule has 0 aliphatic carbocycles. The monoisotopic (exact) mass is 404 g/mol. The number of carbonyl (C=O) groups excluding carboxylic acids is 1. The summed E-state index contributed by atoms with van der Waals surface area (Å²) in [5.41, 5.74) is 2.18. The Balaban J connectivity index is 1.84. The van der Waals surface area contributed by atoms with Gasteiger partial charge in [-0.3, -0.25) is 9.10 Å². The average molecular weight is 404 g/mol. The van der Waals surface area contributed by atoms with Crippen LogP contribution >= 0.6 is 0 Å². The van der Waals surface area contributed by atoms with Crippen LogP contribution in [0.15, 0.2) is 42.5 Å². The van der Waals surface area contributed by atoms with E-state index in [0.29, 0.717) is 17.2 Å². The van der Waals surface area contributed by atoms with Crippen molar-refractivity contribution in [3.05, 3.63) is 53.6 Å². The fourth-order valence-corrected chi connectivity index (χ4v) is 4.13. The minimum absolute atomic E-state index is 0.0836. The van der Waals surface area contributed by atoms with Crippen LogP contribution < -0.4 is 19.1 Å². The van der Waals surface area contributed by atoms with Gasteiger partial charge in [-0.25, -0.2) is 8.42 Å². The molecule has 0 aromatic heterocycles. The topological polar surface area (TPSA) is 84.9 Å². The van der Waals surface area contributed by atoms with Gasteiger partial charge in [-0.05, 0) is 37.6 Å². The van der Waals surface area contributed by atoms with Crippen molar-refractivity contribution in [2.24, 2.45) is 0 Å². The number of aryl methyl sites for hydroxylation is 1. The van der Waals surface area contributed by atoms with Crippen LogP contribution in [0.25, 0.3) is 0 Å². The Morgan fingerprint density at radius 2 is 2.00 bits per heavy atom. The van der Waals surface area contributed by atoms with Gasteiger partial charge in [0, 0.05) is 5.56 Å². The van der Waals surface area contributed by atoms with Gasteiger partial charge in [0.15, 0.2) is 6.10 Å². The zero-order valence-electron chi connectivity index (χ0n) is 16.3. The highest BCUT2D eigenvalue weighted by atomic mass is 32.2. The highest BCUT2D eigenvalue weighted by Crippen LogP contribution is 2.36. The van der Waals surface area contributed by atoms with Gasteiger partial charge < -0.3 is 14.8 Å². The van der Waals surface area contributed by atoms with Gasteiger partial charge in [0.05, 0.1) is 31.6 Å². The summed E-state index contributed by atoms with van der Waals surface area (Å²) in [5.74, 6) is 0.643. The molecule has 1 heterocycles. The standard InChI is InChI=1S/C20H24N2O5S/c1-13-9-10-18-16(11-13)22(28(4,24)25)12-19(27-18)20(23)21-14(2)15-7-5-6-8-17(15)26-3/h5-11,14,19H,12H2,1-4H3,(H,21,23)/t14-,19-/m0/s1. The summed E-state index contributed by atoms with van der Waals surface area (Å²) < 4.78 is 36.9. The lowest BCUT2D eigenvalue weighted by atomic mass is 10.1. The van der Waals surface area contributed by atoms with Gasteiger partial charge in [0.2, 0.25) is 10.0 Å². The van der Waals surface area contributed by atoms with Gasteiger partial charge in [-0.2, -0.15) is 0 Å². The number of methoxy groups -OCH3 is 1. The van der Waals surface area contributed by atoms with E-state index in [0.717, 1.165) is 17.4 Å². The van der Waals surface area contributed by atoms with Crippen molar-refractivity contribution in [2.75, 3.05) is 24.2 Å². The number of nitrogens with zero attached hydrogens (tertiary/aromatic N) is 1. The van der Waals surface area contributed by atoms with Crippen LogP contribution in [0.2, 0.25) is 0 Å². The number of para-hydroxylation sites is 1. The zero-order valence-corrected chi connectivity index (χ0v) is 17.1. The van der Waals surface area contributed by atoms with Crippen LogP contribution in [-0.4, -0.2) is 40.3 Å². The molecule has 150 valence electrons. The van der Waals surface area contributed by atoms with E-state index in [4.69, 9.17) is 9.47 Å². The Morgan fingerprint density at radius 3 is 2.68 bits per heavy atom. The minimum atomic E-state index is -3.56. The molecule has 2 aromatic carbocycles. The smallest absolute Gasteiger partial charge is 0.263 e. The number of hydrogen-bond acceptors (Lipinski definition) is 5. The Morgan fingerprint density at radius 1 is 1.29 bits per heavy atom. The van der Waals surface area contributed by atoms with E-state index in [2.05, 4.69) is 5.32 Å². The Hall–Kier alpha value is -2.74. The van der Waals surface area contributed by atoms with Crippen molar-refractivity contribution in [3.63, 3.8) is 0 Å². The van der Waals surface area contributed by atoms with Gasteiger partial charge in [0.25, 0.3) is 5.91 Å². The number of rotatable bonds is 5. The van der Waals surface area contributed by atoms with Gasteiger partial charge in [0.1, 0.15) is 11.5 Å². The molecule has 7 nitrogen and oxygen atoms in total. The lowest BCUT2D eigenvalue weighted by molar-refractivity contribution is -0.128. The van der Waals surface area contributed by atoms with Gasteiger partial charge in [-0.15, -0.1) is 0 Å². The maximum atomic E-state index is 12.8. The largest absolute Gasteiger partial charge is 0.496 e. The van der Waals surface area contributed by atoms with Crippen LogP contribution in [0.5, 0.6) is 11.5 Å². The second-order valence-electron chi connectivity index (χ2n) is 6.84. The number of hydrogen-bond donors (Lipinski definition) is 1. The Labute approximate surface area is 165 Å². The third-order valence-electron chi connectivity index (χ3n) is 4.64. The average Bonchev–Trinajstić information content (AvgIpc) is 2.66. The molecule has 2 atom stereocenters. The van der Waals surface area contributed by atoms with Crippen molar-refractivity contribution in [1.29, 1.82) is 0 Å². The molecule has 0 saturated carbocycles. The molecule has 0 fully saturated rings. The fraction of sp³-hybridized carbons (Fsp3) is 0.350. The Bertz CT molecular complexity index is 990.